The number of aliphatic carboxylic acids is 1. The maximum absolute atomic E-state index is 11.1. The number of carboxylic acid groups (broad SMARTS) is 1. The standard InChI is InChI=1S/C16H25NO2/c1-12(2)9-10-17(11-14(4)16(18)19)15-8-6-5-7-13(15)3/h5-8,12,14H,9-11H2,1-4H3,(H,18,19). The molecule has 1 N–H and O–H groups in total. The number of nitrogens with zero attached hydrogens (tertiary/aromatic N) is 1. The number of rotatable bonds is 7. The molecule has 0 aliphatic carbocycles. The molecule has 1 unspecified atom stereocenters. The van der Waals surface area contributed by atoms with Crippen LogP contribution in [0, 0.1) is 18.8 Å². The fourth-order valence-corrected chi connectivity index (χ4v) is 2.05. The van der Waals surface area contributed by atoms with Crippen LogP contribution in [0.4, 0.5) is 5.69 Å². The minimum Gasteiger partial charge on any atom is -0.481 e. The van der Waals surface area contributed by atoms with Gasteiger partial charge in [-0.1, -0.05) is 39.0 Å². The first-order valence-electron chi connectivity index (χ1n) is 6.95. The Bertz CT molecular complexity index is 415. The van der Waals surface area contributed by atoms with Gasteiger partial charge in [0, 0.05) is 18.8 Å². The van der Waals surface area contributed by atoms with Crippen molar-refractivity contribution >= 4 is 11.7 Å². The van der Waals surface area contributed by atoms with E-state index in [-0.39, 0.29) is 5.92 Å². The molecule has 0 heterocycles. The quantitative estimate of drug-likeness (QED) is 0.817. The number of benzene rings is 1. The molecular weight excluding hydrogens is 238 g/mol. The van der Waals surface area contributed by atoms with Crippen LogP contribution in [0.25, 0.3) is 0 Å². The van der Waals surface area contributed by atoms with Gasteiger partial charge in [0.25, 0.3) is 0 Å². The molecule has 1 atom stereocenters. The Kier molecular flexibility index (Phi) is 5.87. The fraction of sp³-hybridized carbons (Fsp3) is 0.562. The summed E-state index contributed by atoms with van der Waals surface area (Å²) in [5.41, 5.74) is 2.35. The maximum atomic E-state index is 11.1. The van der Waals surface area contributed by atoms with Crippen molar-refractivity contribution in [3.8, 4) is 0 Å². The van der Waals surface area contributed by atoms with Gasteiger partial charge in [-0.3, -0.25) is 4.79 Å². The van der Waals surface area contributed by atoms with Gasteiger partial charge in [0.05, 0.1) is 5.92 Å². The molecule has 0 amide bonds. The first-order chi connectivity index (χ1) is 8.91. The Morgan fingerprint density at radius 2 is 1.89 bits per heavy atom. The largest absolute Gasteiger partial charge is 0.481 e. The lowest BCUT2D eigenvalue weighted by Gasteiger charge is -2.28. The summed E-state index contributed by atoms with van der Waals surface area (Å²) in [6.45, 7) is 9.69. The predicted octanol–water partition coefficient (Wildman–Crippen LogP) is 3.57. The molecule has 106 valence electrons. The van der Waals surface area contributed by atoms with Crippen LogP contribution in [-0.4, -0.2) is 24.2 Å². The highest BCUT2D eigenvalue weighted by atomic mass is 16.4. The summed E-state index contributed by atoms with van der Waals surface area (Å²) >= 11 is 0. The van der Waals surface area contributed by atoms with Crippen molar-refractivity contribution in [1.82, 2.24) is 0 Å². The number of hydrogen-bond donors (Lipinski definition) is 1. The van der Waals surface area contributed by atoms with Gasteiger partial charge >= 0.3 is 5.97 Å². The zero-order valence-corrected chi connectivity index (χ0v) is 12.4. The monoisotopic (exact) mass is 263 g/mol. The molecule has 0 fully saturated rings. The lowest BCUT2D eigenvalue weighted by Crippen LogP contribution is -2.33. The zero-order chi connectivity index (χ0) is 14.4. The van der Waals surface area contributed by atoms with Gasteiger partial charge in [-0.2, -0.15) is 0 Å². The van der Waals surface area contributed by atoms with E-state index in [0.717, 1.165) is 18.7 Å². The topological polar surface area (TPSA) is 40.5 Å². The van der Waals surface area contributed by atoms with Crippen molar-refractivity contribution in [2.75, 3.05) is 18.0 Å². The van der Waals surface area contributed by atoms with E-state index in [4.69, 9.17) is 5.11 Å². The van der Waals surface area contributed by atoms with Crippen molar-refractivity contribution in [2.45, 2.75) is 34.1 Å². The second-order valence-corrected chi connectivity index (χ2v) is 5.65. The van der Waals surface area contributed by atoms with Gasteiger partial charge in [0.2, 0.25) is 0 Å². The minimum atomic E-state index is -0.733. The zero-order valence-electron chi connectivity index (χ0n) is 12.4. The highest BCUT2D eigenvalue weighted by molar-refractivity contribution is 5.70. The van der Waals surface area contributed by atoms with Gasteiger partial charge in [0.1, 0.15) is 0 Å². The van der Waals surface area contributed by atoms with Crippen molar-refractivity contribution in [1.29, 1.82) is 0 Å². The van der Waals surface area contributed by atoms with Crippen LogP contribution in [0.5, 0.6) is 0 Å². The van der Waals surface area contributed by atoms with Crippen LogP contribution < -0.4 is 4.90 Å². The van der Waals surface area contributed by atoms with E-state index in [2.05, 4.69) is 37.8 Å². The highest BCUT2D eigenvalue weighted by Crippen LogP contribution is 2.21. The normalized spacial score (nSPS) is 12.5. The van der Waals surface area contributed by atoms with Gasteiger partial charge in [-0.05, 0) is 30.9 Å². The van der Waals surface area contributed by atoms with Crippen molar-refractivity contribution in [3.05, 3.63) is 29.8 Å². The van der Waals surface area contributed by atoms with E-state index >= 15 is 0 Å². The average molecular weight is 263 g/mol. The SMILES string of the molecule is Cc1ccccc1N(CCC(C)C)CC(C)C(=O)O. The number of carbonyl (C=O) groups is 1. The van der Waals surface area contributed by atoms with Gasteiger partial charge in [-0.25, -0.2) is 0 Å². The summed E-state index contributed by atoms with van der Waals surface area (Å²) in [6, 6.07) is 8.17. The molecule has 0 bridgehead atoms. The first-order valence-corrected chi connectivity index (χ1v) is 6.95. The van der Waals surface area contributed by atoms with E-state index in [1.54, 1.807) is 6.92 Å². The summed E-state index contributed by atoms with van der Waals surface area (Å²) < 4.78 is 0. The molecule has 0 aromatic heterocycles. The lowest BCUT2D eigenvalue weighted by atomic mass is 10.1. The average Bonchev–Trinajstić information content (AvgIpc) is 2.34. The molecular formula is C16H25NO2. The number of hydrogen-bond acceptors (Lipinski definition) is 2. The Labute approximate surface area is 116 Å². The summed E-state index contributed by atoms with van der Waals surface area (Å²) in [7, 11) is 0. The molecule has 19 heavy (non-hydrogen) atoms. The second kappa shape index (κ2) is 7.17. The molecule has 0 aliphatic rings. The number of para-hydroxylation sites is 1. The molecule has 0 saturated carbocycles. The van der Waals surface area contributed by atoms with Crippen LogP contribution in [0.1, 0.15) is 32.8 Å². The summed E-state index contributed by atoms with van der Waals surface area (Å²) in [6.07, 6.45) is 1.07. The van der Waals surface area contributed by atoms with Crippen LogP contribution in [0.15, 0.2) is 24.3 Å². The minimum absolute atomic E-state index is 0.355. The van der Waals surface area contributed by atoms with E-state index < -0.39 is 5.97 Å². The third kappa shape index (κ3) is 4.93. The van der Waals surface area contributed by atoms with Gasteiger partial charge in [-0.15, -0.1) is 0 Å². The Morgan fingerprint density at radius 3 is 2.42 bits per heavy atom. The van der Waals surface area contributed by atoms with E-state index in [1.807, 2.05) is 12.1 Å². The highest BCUT2D eigenvalue weighted by Gasteiger charge is 2.17. The van der Waals surface area contributed by atoms with E-state index in [1.165, 1.54) is 5.56 Å². The number of carboxylic acids is 1. The predicted molar refractivity (Wildman–Crippen MR) is 79.6 cm³/mol. The summed E-state index contributed by atoms with van der Waals surface area (Å²) in [5, 5.41) is 9.10. The Hall–Kier alpha value is -1.51. The lowest BCUT2D eigenvalue weighted by molar-refractivity contribution is -0.140. The maximum Gasteiger partial charge on any atom is 0.308 e. The van der Waals surface area contributed by atoms with Crippen LogP contribution in [-0.2, 0) is 4.79 Å². The van der Waals surface area contributed by atoms with Crippen LogP contribution >= 0.6 is 0 Å². The van der Waals surface area contributed by atoms with E-state index in [9.17, 15) is 4.79 Å². The van der Waals surface area contributed by atoms with Gasteiger partial charge in [0.15, 0.2) is 0 Å². The van der Waals surface area contributed by atoms with E-state index in [0.29, 0.717) is 12.5 Å². The van der Waals surface area contributed by atoms with Crippen molar-refractivity contribution in [2.24, 2.45) is 11.8 Å². The molecule has 1 rings (SSSR count). The third-order valence-corrected chi connectivity index (χ3v) is 3.35. The van der Waals surface area contributed by atoms with Crippen molar-refractivity contribution in [3.63, 3.8) is 0 Å². The third-order valence-electron chi connectivity index (χ3n) is 3.35. The molecule has 3 heteroatoms. The molecule has 3 nitrogen and oxygen atoms in total. The molecule has 0 spiro atoms. The number of anilines is 1. The first kappa shape index (κ1) is 15.5. The summed E-state index contributed by atoms with van der Waals surface area (Å²) in [5.74, 6) is -0.471. The molecule has 1 aromatic rings. The van der Waals surface area contributed by atoms with Crippen LogP contribution in [0.3, 0.4) is 0 Å². The smallest absolute Gasteiger partial charge is 0.308 e. The summed E-state index contributed by atoms with van der Waals surface area (Å²) in [4.78, 5) is 13.3. The molecule has 0 saturated heterocycles. The fourth-order valence-electron chi connectivity index (χ4n) is 2.05. The second-order valence-electron chi connectivity index (χ2n) is 5.65. The Morgan fingerprint density at radius 1 is 1.26 bits per heavy atom. The molecule has 1 aromatic carbocycles. The number of aryl methyl sites for hydroxylation is 1. The van der Waals surface area contributed by atoms with Gasteiger partial charge < -0.3 is 10.0 Å². The molecule has 0 radical (unpaired) electrons. The Balaban J connectivity index is 2.85. The van der Waals surface area contributed by atoms with Crippen LogP contribution in [0.2, 0.25) is 0 Å². The van der Waals surface area contributed by atoms with Crippen molar-refractivity contribution < 1.29 is 9.90 Å². The molecule has 0 aliphatic heterocycles.